The fourth-order valence-electron chi connectivity index (χ4n) is 3.70. The number of nitrogens with zero attached hydrogens (tertiary/aromatic N) is 1. The minimum absolute atomic E-state index is 0.0566. The maximum atomic E-state index is 12.4. The molecule has 1 aliphatic heterocycles. The summed E-state index contributed by atoms with van der Waals surface area (Å²) in [5.74, 6) is -0.442. The molecule has 1 saturated heterocycles. The Bertz CT molecular complexity index is 631. The number of amides is 2. The molecule has 0 aromatic heterocycles. The zero-order chi connectivity index (χ0) is 18.4. The Kier molecular flexibility index (Phi) is 6.92. The largest absolute Gasteiger partial charge is 0.378 e. The highest BCUT2D eigenvalue weighted by molar-refractivity contribution is 6.33. The zero-order valence-electron chi connectivity index (χ0n) is 15.1. The number of benzene rings is 1. The minimum atomic E-state index is -0.321. The van der Waals surface area contributed by atoms with Crippen LogP contribution < -0.4 is 10.2 Å². The number of halogens is 1. The molecule has 0 unspecified atom stereocenters. The minimum Gasteiger partial charge on any atom is -0.378 e. The molecule has 2 fully saturated rings. The highest BCUT2D eigenvalue weighted by atomic mass is 35.5. The van der Waals surface area contributed by atoms with Crippen LogP contribution in [0.4, 0.5) is 5.69 Å². The van der Waals surface area contributed by atoms with Crippen molar-refractivity contribution in [3.05, 3.63) is 29.3 Å². The third-order valence-corrected chi connectivity index (χ3v) is 5.48. The standard InChI is InChI=1S/C20H27ClN2O3/c21-17-9-4-5-10-18(17)23-14-15(13-19(23)24)20(25)22-11-6-12-26-16-7-2-1-3-8-16/h4-5,9-10,15-16H,1-3,6-8,11-14H2,(H,22,25)/t15-/m1/s1. The van der Waals surface area contributed by atoms with Gasteiger partial charge in [-0.15, -0.1) is 0 Å². The van der Waals surface area contributed by atoms with E-state index in [0.717, 1.165) is 19.3 Å². The number of para-hydroxylation sites is 1. The van der Waals surface area contributed by atoms with Crippen LogP contribution in [0, 0.1) is 5.92 Å². The molecule has 2 amide bonds. The fraction of sp³-hybridized carbons (Fsp3) is 0.600. The average molecular weight is 379 g/mol. The van der Waals surface area contributed by atoms with Gasteiger partial charge in [0.05, 0.1) is 22.7 Å². The van der Waals surface area contributed by atoms with E-state index in [1.807, 2.05) is 18.2 Å². The van der Waals surface area contributed by atoms with Crippen LogP contribution in [-0.4, -0.2) is 37.6 Å². The van der Waals surface area contributed by atoms with Gasteiger partial charge in [0, 0.05) is 26.1 Å². The summed E-state index contributed by atoms with van der Waals surface area (Å²) in [7, 11) is 0. The lowest BCUT2D eigenvalue weighted by molar-refractivity contribution is -0.126. The first-order valence-electron chi connectivity index (χ1n) is 9.59. The summed E-state index contributed by atoms with van der Waals surface area (Å²) in [5.41, 5.74) is 0.676. The van der Waals surface area contributed by atoms with Crippen LogP contribution in [0.3, 0.4) is 0 Å². The maximum Gasteiger partial charge on any atom is 0.227 e. The molecule has 1 aliphatic carbocycles. The van der Waals surface area contributed by atoms with Gasteiger partial charge in [-0.25, -0.2) is 0 Å². The molecule has 1 aromatic rings. The van der Waals surface area contributed by atoms with E-state index in [4.69, 9.17) is 16.3 Å². The number of ether oxygens (including phenoxy) is 1. The number of hydrogen-bond acceptors (Lipinski definition) is 3. The third-order valence-electron chi connectivity index (χ3n) is 5.17. The molecule has 1 heterocycles. The molecular weight excluding hydrogens is 352 g/mol. The first-order valence-corrected chi connectivity index (χ1v) is 9.97. The topological polar surface area (TPSA) is 58.6 Å². The molecule has 0 bridgehead atoms. The number of carbonyl (C=O) groups is 2. The van der Waals surface area contributed by atoms with Crippen molar-refractivity contribution in [3.8, 4) is 0 Å². The summed E-state index contributed by atoms with van der Waals surface area (Å²) >= 11 is 6.17. The Balaban J connectivity index is 1.38. The molecule has 1 atom stereocenters. The van der Waals surface area contributed by atoms with Crippen LogP contribution in [0.25, 0.3) is 0 Å². The van der Waals surface area contributed by atoms with Crippen molar-refractivity contribution in [1.82, 2.24) is 5.32 Å². The summed E-state index contributed by atoms with van der Waals surface area (Å²) < 4.78 is 5.87. The van der Waals surface area contributed by atoms with Crippen molar-refractivity contribution in [1.29, 1.82) is 0 Å². The van der Waals surface area contributed by atoms with Gasteiger partial charge in [0.25, 0.3) is 0 Å². The van der Waals surface area contributed by atoms with E-state index < -0.39 is 0 Å². The van der Waals surface area contributed by atoms with E-state index in [9.17, 15) is 9.59 Å². The Labute approximate surface area is 160 Å². The molecule has 5 nitrogen and oxygen atoms in total. The normalized spacial score (nSPS) is 21.2. The quantitative estimate of drug-likeness (QED) is 0.738. The summed E-state index contributed by atoms with van der Waals surface area (Å²) in [4.78, 5) is 26.2. The molecule has 0 spiro atoms. The van der Waals surface area contributed by atoms with E-state index in [0.29, 0.717) is 36.5 Å². The van der Waals surface area contributed by atoms with Crippen LogP contribution >= 0.6 is 11.6 Å². The second kappa shape index (κ2) is 9.38. The van der Waals surface area contributed by atoms with E-state index >= 15 is 0 Å². The number of anilines is 1. The number of carbonyl (C=O) groups excluding carboxylic acids is 2. The van der Waals surface area contributed by atoms with Crippen LogP contribution in [0.5, 0.6) is 0 Å². The van der Waals surface area contributed by atoms with Crippen molar-refractivity contribution < 1.29 is 14.3 Å². The summed E-state index contributed by atoms with van der Waals surface area (Å²) in [6.45, 7) is 1.65. The lowest BCUT2D eigenvalue weighted by atomic mass is 9.98. The Morgan fingerprint density at radius 1 is 1.23 bits per heavy atom. The van der Waals surface area contributed by atoms with E-state index in [2.05, 4.69) is 5.32 Å². The molecule has 2 aliphatic rings. The van der Waals surface area contributed by atoms with Crippen molar-refractivity contribution in [3.63, 3.8) is 0 Å². The molecular formula is C20H27ClN2O3. The van der Waals surface area contributed by atoms with Crippen LogP contribution in [-0.2, 0) is 14.3 Å². The summed E-state index contributed by atoms with van der Waals surface area (Å²) in [5, 5.41) is 3.47. The molecule has 3 rings (SSSR count). The van der Waals surface area contributed by atoms with Gasteiger partial charge in [-0.2, -0.15) is 0 Å². The number of nitrogens with one attached hydrogen (secondary N) is 1. The number of rotatable bonds is 7. The highest BCUT2D eigenvalue weighted by Crippen LogP contribution is 2.31. The highest BCUT2D eigenvalue weighted by Gasteiger charge is 2.35. The lowest BCUT2D eigenvalue weighted by Crippen LogP contribution is -2.34. The smallest absolute Gasteiger partial charge is 0.227 e. The first-order chi connectivity index (χ1) is 12.6. The molecule has 0 radical (unpaired) electrons. The van der Waals surface area contributed by atoms with Gasteiger partial charge in [0.15, 0.2) is 0 Å². The average Bonchev–Trinajstić information content (AvgIpc) is 3.04. The second-order valence-corrected chi connectivity index (χ2v) is 7.54. The Morgan fingerprint density at radius 2 is 2.00 bits per heavy atom. The zero-order valence-corrected chi connectivity index (χ0v) is 15.8. The molecule has 1 aromatic carbocycles. The van der Waals surface area contributed by atoms with Gasteiger partial charge in [0.1, 0.15) is 0 Å². The SMILES string of the molecule is O=C(NCCCOC1CCCCC1)[C@@H]1CC(=O)N(c2ccccc2Cl)C1. The Morgan fingerprint density at radius 3 is 2.77 bits per heavy atom. The van der Waals surface area contributed by atoms with E-state index in [1.165, 1.54) is 19.3 Å². The van der Waals surface area contributed by atoms with E-state index in [-0.39, 0.29) is 24.2 Å². The van der Waals surface area contributed by atoms with Gasteiger partial charge in [0.2, 0.25) is 11.8 Å². The fourth-order valence-corrected chi connectivity index (χ4v) is 3.93. The van der Waals surface area contributed by atoms with E-state index in [1.54, 1.807) is 11.0 Å². The van der Waals surface area contributed by atoms with Crippen molar-refractivity contribution >= 4 is 29.1 Å². The Hall–Kier alpha value is -1.59. The predicted octanol–water partition coefficient (Wildman–Crippen LogP) is 3.55. The first kappa shape index (κ1) is 19.2. The van der Waals surface area contributed by atoms with Crippen LogP contribution in [0.15, 0.2) is 24.3 Å². The van der Waals surface area contributed by atoms with Gasteiger partial charge in [-0.05, 0) is 31.4 Å². The molecule has 26 heavy (non-hydrogen) atoms. The molecule has 1 N–H and O–H groups in total. The predicted molar refractivity (Wildman–Crippen MR) is 102 cm³/mol. The molecule has 6 heteroatoms. The van der Waals surface area contributed by atoms with Crippen molar-refractivity contribution in [2.24, 2.45) is 5.92 Å². The van der Waals surface area contributed by atoms with Crippen molar-refractivity contribution in [2.45, 2.75) is 51.0 Å². The monoisotopic (exact) mass is 378 g/mol. The molecule has 142 valence electrons. The third kappa shape index (κ3) is 4.98. The lowest BCUT2D eigenvalue weighted by Gasteiger charge is -2.22. The van der Waals surface area contributed by atoms with Crippen LogP contribution in [0.1, 0.15) is 44.9 Å². The number of hydrogen-bond donors (Lipinski definition) is 1. The van der Waals surface area contributed by atoms with Crippen LogP contribution in [0.2, 0.25) is 5.02 Å². The van der Waals surface area contributed by atoms with Crippen molar-refractivity contribution in [2.75, 3.05) is 24.6 Å². The van der Waals surface area contributed by atoms with Gasteiger partial charge in [-0.3, -0.25) is 9.59 Å². The van der Waals surface area contributed by atoms with Gasteiger partial charge < -0.3 is 15.0 Å². The van der Waals surface area contributed by atoms with Gasteiger partial charge in [-0.1, -0.05) is 43.0 Å². The summed E-state index contributed by atoms with van der Waals surface area (Å²) in [6, 6.07) is 7.23. The van der Waals surface area contributed by atoms with Gasteiger partial charge >= 0.3 is 0 Å². The molecule has 1 saturated carbocycles. The maximum absolute atomic E-state index is 12.4. The summed E-state index contributed by atoms with van der Waals surface area (Å²) in [6.07, 6.45) is 7.60. The second-order valence-electron chi connectivity index (χ2n) is 7.13.